The van der Waals surface area contributed by atoms with Crippen molar-refractivity contribution in [2.24, 2.45) is 0 Å². The van der Waals surface area contributed by atoms with Crippen LogP contribution in [-0.4, -0.2) is 69.8 Å². The van der Waals surface area contributed by atoms with Crippen LogP contribution in [0.5, 0.6) is 0 Å². The molecule has 0 amide bonds. The van der Waals surface area contributed by atoms with E-state index in [1.54, 1.807) is 33.1 Å². The summed E-state index contributed by atoms with van der Waals surface area (Å²) in [6, 6.07) is 15.0. The van der Waals surface area contributed by atoms with Gasteiger partial charge in [0, 0.05) is 17.1 Å². The summed E-state index contributed by atoms with van der Waals surface area (Å²) in [5.74, 6) is 1.02. The van der Waals surface area contributed by atoms with Gasteiger partial charge in [-0.05, 0) is 32.0 Å². The Labute approximate surface area is 253 Å². The van der Waals surface area contributed by atoms with Gasteiger partial charge in [-0.2, -0.15) is 5.10 Å². The highest BCUT2D eigenvalue weighted by molar-refractivity contribution is 7.18. The Morgan fingerprint density at radius 1 is 1.05 bits per heavy atom. The summed E-state index contributed by atoms with van der Waals surface area (Å²) in [4.78, 5) is 13.7. The average Bonchev–Trinajstić information content (AvgIpc) is 3.83. The van der Waals surface area contributed by atoms with Gasteiger partial charge >= 0.3 is 0 Å². The molecule has 8 rings (SSSR count). The molecular formula is C29H26N8O4S2. The number of thiazole rings is 2. The molecule has 218 valence electrons. The van der Waals surface area contributed by atoms with Crippen LogP contribution in [0.2, 0.25) is 0 Å². The maximum atomic E-state index is 12.1. The number of aromatic nitrogens is 8. The Morgan fingerprint density at radius 3 is 2.77 bits per heavy atom. The molecule has 1 N–H and O–H groups in total. The molecule has 0 spiro atoms. The quantitative estimate of drug-likeness (QED) is 0.298. The van der Waals surface area contributed by atoms with Crippen molar-refractivity contribution in [1.82, 2.24) is 39.7 Å². The summed E-state index contributed by atoms with van der Waals surface area (Å²) in [5, 5.41) is 29.2. The summed E-state index contributed by atoms with van der Waals surface area (Å²) < 4.78 is 23.6. The predicted octanol–water partition coefficient (Wildman–Crippen LogP) is 4.37. The number of hydrogen-bond acceptors (Lipinski definition) is 12. The third kappa shape index (κ3) is 4.76. The van der Waals surface area contributed by atoms with Gasteiger partial charge in [-0.1, -0.05) is 35.5 Å². The highest BCUT2D eigenvalue weighted by atomic mass is 32.1. The number of benzene rings is 2. The first kappa shape index (κ1) is 26.7. The second-order valence-electron chi connectivity index (χ2n) is 10.5. The standard InChI is InChI=1S/C29H26N8O4S2/c1-15-31-27(37(34-15)18-8-9-19-22(12-18)43-16(2)32-19)26-24(38)23(36-13-20(33-35-36)28-30-10-11-42-28)25-21(40-26)14-39-29(41-25)17-6-4-3-5-7-17/h3-13,21,23-26,29,38H,14H2,1-2H3/t21?,23-,24?,25+,26-,29?/m1/s1. The highest BCUT2D eigenvalue weighted by Crippen LogP contribution is 2.44. The Balaban J connectivity index is 1.19. The molecule has 6 atom stereocenters. The molecule has 4 aromatic heterocycles. The number of fused-ring (bicyclic) bond motifs is 2. The van der Waals surface area contributed by atoms with Gasteiger partial charge in [0.15, 0.2) is 12.1 Å². The van der Waals surface area contributed by atoms with E-state index in [1.165, 1.54) is 11.3 Å². The second kappa shape index (κ2) is 10.7. The van der Waals surface area contributed by atoms with Crippen LogP contribution in [0.1, 0.15) is 40.7 Å². The van der Waals surface area contributed by atoms with E-state index in [-0.39, 0.29) is 6.61 Å². The lowest BCUT2D eigenvalue weighted by Gasteiger charge is -2.47. The second-order valence-corrected chi connectivity index (χ2v) is 12.6. The van der Waals surface area contributed by atoms with Gasteiger partial charge in [-0.3, -0.25) is 0 Å². The van der Waals surface area contributed by atoms with Crippen molar-refractivity contribution in [3.05, 3.63) is 88.5 Å². The van der Waals surface area contributed by atoms with Crippen LogP contribution in [0, 0.1) is 13.8 Å². The Morgan fingerprint density at radius 2 is 1.93 bits per heavy atom. The number of nitrogens with zero attached hydrogens (tertiary/aromatic N) is 8. The highest BCUT2D eigenvalue weighted by Gasteiger charge is 2.52. The molecule has 12 nitrogen and oxygen atoms in total. The Bertz CT molecular complexity index is 1890. The molecule has 0 radical (unpaired) electrons. The van der Waals surface area contributed by atoms with Gasteiger partial charge in [0.2, 0.25) is 0 Å². The van der Waals surface area contributed by atoms with Crippen LogP contribution < -0.4 is 0 Å². The van der Waals surface area contributed by atoms with Crippen molar-refractivity contribution < 1.29 is 19.3 Å². The SMILES string of the molecule is Cc1nc([C@@H]2OC3COC(c4ccccc4)O[C@@H]3[C@H](n3cc(-c4nccs4)nn3)C2O)n(-c2ccc3nc(C)sc3c2)n1. The normalized spacial score (nSPS) is 25.7. The zero-order valence-corrected chi connectivity index (χ0v) is 24.7. The number of ether oxygens (including phenoxy) is 3. The van der Waals surface area contributed by atoms with Crippen molar-refractivity contribution in [3.8, 4) is 16.4 Å². The first-order valence-electron chi connectivity index (χ1n) is 13.8. The number of aliphatic hydroxyl groups is 1. The lowest BCUT2D eigenvalue weighted by molar-refractivity contribution is -0.319. The fourth-order valence-corrected chi connectivity index (χ4v) is 7.19. The molecule has 3 unspecified atom stereocenters. The minimum Gasteiger partial charge on any atom is -0.388 e. The first-order valence-corrected chi connectivity index (χ1v) is 15.5. The molecule has 43 heavy (non-hydrogen) atoms. The third-order valence-corrected chi connectivity index (χ3v) is 9.36. The molecule has 6 aromatic rings. The lowest BCUT2D eigenvalue weighted by atomic mass is 9.91. The smallest absolute Gasteiger partial charge is 0.184 e. The van der Waals surface area contributed by atoms with E-state index in [1.807, 2.05) is 67.8 Å². The van der Waals surface area contributed by atoms with E-state index >= 15 is 0 Å². The summed E-state index contributed by atoms with van der Waals surface area (Å²) in [7, 11) is 0. The van der Waals surface area contributed by atoms with Crippen LogP contribution in [0.15, 0.2) is 66.3 Å². The fraction of sp³-hybridized carbons (Fsp3) is 0.310. The van der Waals surface area contributed by atoms with Gasteiger partial charge in [0.05, 0.1) is 33.7 Å². The van der Waals surface area contributed by atoms with Crippen molar-refractivity contribution in [1.29, 1.82) is 0 Å². The van der Waals surface area contributed by atoms with Gasteiger partial charge in [-0.25, -0.2) is 24.3 Å². The van der Waals surface area contributed by atoms with E-state index in [0.29, 0.717) is 17.3 Å². The zero-order chi connectivity index (χ0) is 29.1. The molecule has 2 aliphatic rings. The van der Waals surface area contributed by atoms with E-state index in [4.69, 9.17) is 24.3 Å². The van der Waals surface area contributed by atoms with Crippen LogP contribution >= 0.6 is 22.7 Å². The van der Waals surface area contributed by atoms with Gasteiger partial charge in [-0.15, -0.1) is 27.8 Å². The van der Waals surface area contributed by atoms with E-state index in [2.05, 4.69) is 20.3 Å². The predicted molar refractivity (Wildman–Crippen MR) is 158 cm³/mol. The monoisotopic (exact) mass is 614 g/mol. The number of aliphatic hydroxyl groups excluding tert-OH is 1. The minimum absolute atomic E-state index is 0.247. The number of aryl methyl sites for hydroxylation is 2. The molecule has 2 aromatic carbocycles. The van der Waals surface area contributed by atoms with Crippen molar-refractivity contribution >= 4 is 32.9 Å². The van der Waals surface area contributed by atoms with Crippen molar-refractivity contribution in [3.63, 3.8) is 0 Å². The zero-order valence-electron chi connectivity index (χ0n) is 23.1. The molecule has 0 bridgehead atoms. The van der Waals surface area contributed by atoms with E-state index in [0.717, 1.165) is 31.5 Å². The van der Waals surface area contributed by atoms with Crippen molar-refractivity contribution in [2.75, 3.05) is 6.61 Å². The summed E-state index contributed by atoms with van der Waals surface area (Å²) in [5.41, 5.74) is 3.21. The third-order valence-electron chi connectivity index (χ3n) is 7.63. The average molecular weight is 615 g/mol. The van der Waals surface area contributed by atoms with Crippen molar-refractivity contribution in [2.45, 2.75) is 50.6 Å². The molecule has 6 heterocycles. The molecular weight excluding hydrogens is 589 g/mol. The summed E-state index contributed by atoms with van der Waals surface area (Å²) >= 11 is 3.08. The lowest BCUT2D eigenvalue weighted by Crippen LogP contribution is -2.57. The Hall–Kier alpha value is -3.92. The van der Waals surface area contributed by atoms with Crippen LogP contribution in [-0.2, 0) is 14.2 Å². The number of hydrogen-bond donors (Lipinski definition) is 1. The van der Waals surface area contributed by atoms with E-state index < -0.39 is 36.7 Å². The van der Waals surface area contributed by atoms with Crippen LogP contribution in [0.3, 0.4) is 0 Å². The first-order chi connectivity index (χ1) is 21.0. The molecule has 2 saturated heterocycles. The van der Waals surface area contributed by atoms with Gasteiger partial charge < -0.3 is 19.3 Å². The van der Waals surface area contributed by atoms with Crippen LogP contribution in [0.25, 0.3) is 26.6 Å². The van der Waals surface area contributed by atoms with Crippen LogP contribution in [0.4, 0.5) is 0 Å². The Kier molecular flexibility index (Phi) is 6.62. The molecule has 0 aliphatic carbocycles. The summed E-state index contributed by atoms with van der Waals surface area (Å²) in [6.07, 6.45) is -0.204. The summed E-state index contributed by atoms with van der Waals surface area (Å²) in [6.45, 7) is 4.05. The minimum atomic E-state index is -1.11. The molecule has 2 aliphatic heterocycles. The molecule has 0 saturated carbocycles. The molecule has 2 fully saturated rings. The maximum Gasteiger partial charge on any atom is 0.184 e. The largest absolute Gasteiger partial charge is 0.388 e. The fourth-order valence-electron chi connectivity index (χ4n) is 5.75. The molecule has 14 heteroatoms. The topological polar surface area (TPSA) is 135 Å². The van der Waals surface area contributed by atoms with E-state index in [9.17, 15) is 5.11 Å². The van der Waals surface area contributed by atoms with Gasteiger partial charge in [0.1, 0.15) is 47.0 Å². The van der Waals surface area contributed by atoms with Gasteiger partial charge in [0.25, 0.3) is 0 Å². The number of rotatable bonds is 5. The maximum absolute atomic E-state index is 12.1.